The number of hydrogen-bond donors (Lipinski definition) is 0. The van der Waals surface area contributed by atoms with Gasteiger partial charge in [-0.25, -0.2) is 8.78 Å². The van der Waals surface area contributed by atoms with Gasteiger partial charge in [-0.05, 0) is 36.5 Å². The van der Waals surface area contributed by atoms with Gasteiger partial charge in [0.25, 0.3) is 0 Å². The largest absolute Gasteiger partial charge is 0.381 e. The number of alkyl halides is 1. The van der Waals surface area contributed by atoms with Crippen molar-refractivity contribution in [1.82, 2.24) is 0 Å². The number of benzene rings is 1. The number of hydrogen-bond acceptors (Lipinski definition) is 1. The van der Waals surface area contributed by atoms with Crippen molar-refractivity contribution >= 4 is 27.5 Å². The molecule has 1 nitrogen and oxygen atoms in total. The van der Waals surface area contributed by atoms with E-state index >= 15 is 0 Å². The third-order valence-corrected chi connectivity index (χ3v) is 4.58. The SMILES string of the molecule is Fc1cc(Cl)c(C(Br)C2CCOCC2)cc1F. The van der Waals surface area contributed by atoms with Crippen LogP contribution in [0.15, 0.2) is 12.1 Å². The van der Waals surface area contributed by atoms with Gasteiger partial charge in [-0.1, -0.05) is 27.5 Å². The van der Waals surface area contributed by atoms with E-state index in [-0.39, 0.29) is 9.85 Å². The van der Waals surface area contributed by atoms with E-state index in [1.807, 2.05) is 0 Å². The molecule has 5 heteroatoms. The van der Waals surface area contributed by atoms with E-state index in [0.29, 0.717) is 24.7 Å². The molecule has 0 N–H and O–H groups in total. The fraction of sp³-hybridized carbons (Fsp3) is 0.500. The summed E-state index contributed by atoms with van der Waals surface area (Å²) in [5.41, 5.74) is 0.609. The Morgan fingerprint density at radius 3 is 2.47 bits per heavy atom. The van der Waals surface area contributed by atoms with E-state index in [0.717, 1.165) is 18.9 Å². The second-order valence-electron chi connectivity index (χ2n) is 4.14. The molecule has 0 amide bonds. The summed E-state index contributed by atoms with van der Waals surface area (Å²) in [6.07, 6.45) is 1.79. The van der Waals surface area contributed by atoms with Gasteiger partial charge in [-0.2, -0.15) is 0 Å². The van der Waals surface area contributed by atoms with Crippen LogP contribution in [-0.2, 0) is 4.74 Å². The first-order valence-corrected chi connectivity index (χ1v) is 6.75. The Labute approximate surface area is 112 Å². The van der Waals surface area contributed by atoms with Crippen molar-refractivity contribution in [3.8, 4) is 0 Å². The molecule has 1 aromatic rings. The summed E-state index contributed by atoms with van der Waals surface area (Å²) in [7, 11) is 0. The van der Waals surface area contributed by atoms with Gasteiger partial charge in [-0.3, -0.25) is 0 Å². The van der Waals surface area contributed by atoms with Crippen LogP contribution in [0.25, 0.3) is 0 Å². The average molecular weight is 326 g/mol. The maximum Gasteiger partial charge on any atom is 0.160 e. The Morgan fingerprint density at radius 1 is 1.24 bits per heavy atom. The second-order valence-corrected chi connectivity index (χ2v) is 5.53. The van der Waals surface area contributed by atoms with Crippen LogP contribution in [0.1, 0.15) is 23.2 Å². The van der Waals surface area contributed by atoms with Gasteiger partial charge in [0, 0.05) is 23.1 Å². The molecule has 1 aliphatic heterocycles. The third kappa shape index (κ3) is 2.98. The maximum absolute atomic E-state index is 13.2. The molecular weight excluding hydrogens is 313 g/mol. The molecule has 1 aliphatic rings. The monoisotopic (exact) mass is 324 g/mol. The lowest BCUT2D eigenvalue weighted by Gasteiger charge is -2.27. The second kappa shape index (κ2) is 5.63. The van der Waals surface area contributed by atoms with Gasteiger partial charge in [0.1, 0.15) is 0 Å². The lowest BCUT2D eigenvalue weighted by molar-refractivity contribution is 0.0662. The van der Waals surface area contributed by atoms with Gasteiger partial charge in [0.2, 0.25) is 0 Å². The molecule has 0 aromatic heterocycles. The summed E-state index contributed by atoms with van der Waals surface area (Å²) in [5, 5.41) is 0.261. The van der Waals surface area contributed by atoms with Crippen molar-refractivity contribution in [2.75, 3.05) is 13.2 Å². The van der Waals surface area contributed by atoms with E-state index in [4.69, 9.17) is 16.3 Å². The lowest BCUT2D eigenvalue weighted by atomic mass is 9.92. The highest BCUT2D eigenvalue weighted by atomic mass is 79.9. The minimum absolute atomic E-state index is 0.0611. The van der Waals surface area contributed by atoms with Crippen LogP contribution >= 0.6 is 27.5 Å². The smallest absolute Gasteiger partial charge is 0.160 e. The van der Waals surface area contributed by atoms with Gasteiger partial charge >= 0.3 is 0 Å². The predicted octanol–water partition coefficient (Wildman–Crippen LogP) is 4.48. The topological polar surface area (TPSA) is 9.23 Å². The molecule has 1 unspecified atom stereocenters. The fourth-order valence-electron chi connectivity index (χ4n) is 2.01. The Hall–Kier alpha value is -0.190. The zero-order chi connectivity index (χ0) is 12.4. The molecule has 0 bridgehead atoms. The van der Waals surface area contributed by atoms with E-state index in [9.17, 15) is 8.78 Å². The summed E-state index contributed by atoms with van der Waals surface area (Å²) in [6.45, 7) is 1.40. The molecule has 0 spiro atoms. The molecule has 1 fully saturated rings. The molecule has 1 heterocycles. The standard InChI is InChI=1S/C12H12BrClF2O/c13-12(7-1-3-17-4-2-7)8-5-10(15)11(16)6-9(8)14/h5-7,12H,1-4H2. The molecule has 2 rings (SSSR count). The van der Waals surface area contributed by atoms with Gasteiger partial charge < -0.3 is 4.74 Å². The van der Waals surface area contributed by atoms with Crippen molar-refractivity contribution in [2.24, 2.45) is 5.92 Å². The highest BCUT2D eigenvalue weighted by Gasteiger charge is 2.25. The van der Waals surface area contributed by atoms with Crippen LogP contribution in [0.5, 0.6) is 0 Å². The molecule has 0 radical (unpaired) electrons. The van der Waals surface area contributed by atoms with Crippen LogP contribution in [0.4, 0.5) is 8.78 Å². The first kappa shape index (κ1) is 13.2. The van der Waals surface area contributed by atoms with E-state index < -0.39 is 11.6 Å². The van der Waals surface area contributed by atoms with Crippen molar-refractivity contribution < 1.29 is 13.5 Å². The van der Waals surface area contributed by atoms with Gasteiger partial charge in [-0.15, -0.1) is 0 Å². The maximum atomic E-state index is 13.2. The highest BCUT2D eigenvalue weighted by molar-refractivity contribution is 9.09. The Morgan fingerprint density at radius 2 is 1.82 bits per heavy atom. The molecule has 0 aliphatic carbocycles. The Balaban J connectivity index is 2.23. The predicted molar refractivity (Wildman–Crippen MR) is 66.6 cm³/mol. The minimum atomic E-state index is -0.912. The first-order chi connectivity index (χ1) is 8.09. The summed E-state index contributed by atoms with van der Waals surface area (Å²) >= 11 is 9.48. The zero-order valence-electron chi connectivity index (χ0n) is 9.06. The molecule has 17 heavy (non-hydrogen) atoms. The van der Waals surface area contributed by atoms with E-state index in [1.165, 1.54) is 6.07 Å². The summed E-state index contributed by atoms with van der Waals surface area (Å²) < 4.78 is 31.4. The van der Waals surface area contributed by atoms with Crippen LogP contribution in [0.2, 0.25) is 5.02 Å². The van der Waals surface area contributed by atoms with E-state index in [1.54, 1.807) is 0 Å². The summed E-state index contributed by atoms with van der Waals surface area (Å²) in [4.78, 5) is -0.0611. The van der Waals surface area contributed by atoms with Gasteiger partial charge in [0.15, 0.2) is 11.6 Å². The van der Waals surface area contributed by atoms with Crippen molar-refractivity contribution in [3.05, 3.63) is 34.4 Å². The number of ether oxygens (including phenoxy) is 1. The lowest BCUT2D eigenvalue weighted by Crippen LogP contribution is -2.19. The van der Waals surface area contributed by atoms with Gasteiger partial charge in [0.05, 0.1) is 0 Å². The first-order valence-electron chi connectivity index (χ1n) is 5.46. The quantitative estimate of drug-likeness (QED) is 0.575. The molecule has 1 aromatic carbocycles. The third-order valence-electron chi connectivity index (χ3n) is 3.02. The number of halogens is 4. The molecule has 1 saturated heterocycles. The summed E-state index contributed by atoms with van der Waals surface area (Å²) in [5.74, 6) is -1.43. The average Bonchev–Trinajstić information content (AvgIpc) is 2.34. The van der Waals surface area contributed by atoms with Crippen molar-refractivity contribution in [1.29, 1.82) is 0 Å². The highest BCUT2D eigenvalue weighted by Crippen LogP contribution is 2.40. The van der Waals surface area contributed by atoms with Crippen molar-refractivity contribution in [3.63, 3.8) is 0 Å². The fourth-order valence-corrected chi connectivity index (χ4v) is 3.32. The van der Waals surface area contributed by atoms with Crippen LogP contribution in [-0.4, -0.2) is 13.2 Å². The molecular formula is C12H12BrClF2O. The minimum Gasteiger partial charge on any atom is -0.381 e. The van der Waals surface area contributed by atoms with Crippen LogP contribution in [0.3, 0.4) is 0 Å². The zero-order valence-corrected chi connectivity index (χ0v) is 11.4. The Bertz CT molecular complexity index is 408. The molecule has 94 valence electrons. The van der Waals surface area contributed by atoms with Crippen LogP contribution < -0.4 is 0 Å². The normalized spacial score (nSPS) is 19.3. The molecule has 1 atom stereocenters. The molecule has 0 saturated carbocycles. The Kier molecular flexibility index (Phi) is 4.39. The summed E-state index contributed by atoms with van der Waals surface area (Å²) in [6, 6.07) is 2.20. The van der Waals surface area contributed by atoms with Crippen LogP contribution in [0, 0.1) is 17.6 Å². The number of rotatable bonds is 2. The van der Waals surface area contributed by atoms with E-state index in [2.05, 4.69) is 15.9 Å². The van der Waals surface area contributed by atoms with Crippen molar-refractivity contribution in [2.45, 2.75) is 17.7 Å².